The molecule has 31 heavy (non-hydrogen) atoms. The van der Waals surface area contributed by atoms with E-state index in [4.69, 9.17) is 8.92 Å². The summed E-state index contributed by atoms with van der Waals surface area (Å²) >= 11 is 0. The number of benzene rings is 2. The van der Waals surface area contributed by atoms with E-state index in [0.29, 0.717) is 19.4 Å². The molecule has 2 unspecified atom stereocenters. The van der Waals surface area contributed by atoms with E-state index in [9.17, 15) is 12.8 Å². The SMILES string of the molecule is COc1ccc2c(c1)CCCC2C1(OS(C)(=O)=O)CCCN1CCc1cccc(F)c1. The first-order chi connectivity index (χ1) is 14.8. The van der Waals surface area contributed by atoms with Crippen LogP contribution in [-0.2, 0) is 27.1 Å². The molecular formula is C24H30FNO4S. The predicted octanol–water partition coefficient (Wildman–Crippen LogP) is 4.27. The van der Waals surface area contributed by atoms with Gasteiger partial charge in [0.15, 0.2) is 0 Å². The molecule has 0 radical (unpaired) electrons. The summed E-state index contributed by atoms with van der Waals surface area (Å²) in [6.45, 7) is 1.37. The third kappa shape index (κ3) is 4.78. The second kappa shape index (κ2) is 8.88. The Balaban J connectivity index is 1.68. The van der Waals surface area contributed by atoms with E-state index < -0.39 is 15.8 Å². The van der Waals surface area contributed by atoms with Crippen molar-refractivity contribution < 1.29 is 21.7 Å². The number of rotatable bonds is 7. The Kier molecular flexibility index (Phi) is 6.37. The van der Waals surface area contributed by atoms with Crippen LogP contribution in [0, 0.1) is 5.82 Å². The van der Waals surface area contributed by atoms with Gasteiger partial charge in [-0.15, -0.1) is 0 Å². The summed E-state index contributed by atoms with van der Waals surface area (Å²) in [6, 6.07) is 12.6. The quantitative estimate of drug-likeness (QED) is 0.594. The summed E-state index contributed by atoms with van der Waals surface area (Å²) < 4.78 is 49.8. The van der Waals surface area contributed by atoms with Crippen LogP contribution in [0.2, 0.25) is 0 Å². The van der Waals surface area contributed by atoms with Gasteiger partial charge in [-0.1, -0.05) is 18.2 Å². The van der Waals surface area contributed by atoms with Crippen LogP contribution < -0.4 is 4.74 Å². The van der Waals surface area contributed by atoms with Gasteiger partial charge >= 0.3 is 0 Å². The molecule has 0 spiro atoms. The second-order valence-corrected chi connectivity index (χ2v) is 10.2. The Morgan fingerprint density at radius 3 is 2.77 bits per heavy atom. The number of hydrogen-bond acceptors (Lipinski definition) is 5. The van der Waals surface area contributed by atoms with Gasteiger partial charge in [0.05, 0.1) is 13.4 Å². The van der Waals surface area contributed by atoms with E-state index in [2.05, 4.69) is 17.0 Å². The van der Waals surface area contributed by atoms with E-state index in [1.807, 2.05) is 12.1 Å². The number of aryl methyl sites for hydroxylation is 1. The summed E-state index contributed by atoms with van der Waals surface area (Å²) in [5.41, 5.74) is 2.33. The number of ether oxygens (including phenoxy) is 1. The minimum Gasteiger partial charge on any atom is -0.497 e. The van der Waals surface area contributed by atoms with Crippen LogP contribution in [0.5, 0.6) is 5.75 Å². The molecule has 2 atom stereocenters. The fourth-order valence-corrected chi connectivity index (χ4v) is 6.15. The highest BCUT2D eigenvalue weighted by Gasteiger charge is 2.51. The number of hydrogen-bond donors (Lipinski definition) is 0. The van der Waals surface area contributed by atoms with Crippen molar-refractivity contribution >= 4 is 10.1 Å². The Morgan fingerprint density at radius 2 is 2.03 bits per heavy atom. The van der Waals surface area contributed by atoms with Gasteiger partial charge in [0.2, 0.25) is 0 Å². The molecule has 2 aromatic rings. The van der Waals surface area contributed by atoms with Crippen molar-refractivity contribution in [1.82, 2.24) is 4.90 Å². The standard InChI is InChI=1S/C24H30FNO4S/c1-29-21-10-11-22-19(17-21)7-4-9-23(22)24(30-31(2,27)28)13-5-14-26(24)15-12-18-6-3-8-20(25)16-18/h3,6,8,10-11,16-17,23H,4-5,7,9,12-15H2,1-2H3. The predicted molar refractivity (Wildman–Crippen MR) is 118 cm³/mol. The van der Waals surface area contributed by atoms with Gasteiger partial charge in [0.1, 0.15) is 17.3 Å². The molecule has 1 saturated heterocycles. The number of nitrogens with zero attached hydrogens (tertiary/aromatic N) is 1. The van der Waals surface area contributed by atoms with Crippen LogP contribution in [0.25, 0.3) is 0 Å². The fourth-order valence-electron chi connectivity index (χ4n) is 5.32. The first kappa shape index (κ1) is 22.2. The molecule has 1 aliphatic carbocycles. The van der Waals surface area contributed by atoms with Crippen molar-refractivity contribution in [2.24, 2.45) is 0 Å². The summed E-state index contributed by atoms with van der Waals surface area (Å²) in [5, 5.41) is 0. The van der Waals surface area contributed by atoms with Crippen molar-refractivity contribution in [2.75, 3.05) is 26.5 Å². The zero-order valence-electron chi connectivity index (χ0n) is 18.1. The number of fused-ring (bicyclic) bond motifs is 1. The van der Waals surface area contributed by atoms with Crippen LogP contribution in [0.1, 0.15) is 48.3 Å². The van der Waals surface area contributed by atoms with Crippen molar-refractivity contribution in [2.45, 2.75) is 50.2 Å². The van der Waals surface area contributed by atoms with Crippen LogP contribution in [0.4, 0.5) is 4.39 Å². The van der Waals surface area contributed by atoms with Gasteiger partial charge in [-0.3, -0.25) is 4.90 Å². The smallest absolute Gasteiger partial charge is 0.266 e. The van der Waals surface area contributed by atoms with E-state index in [-0.39, 0.29) is 11.7 Å². The summed E-state index contributed by atoms with van der Waals surface area (Å²) in [4.78, 5) is 2.17. The molecule has 0 aromatic heterocycles. The summed E-state index contributed by atoms with van der Waals surface area (Å²) in [6.07, 6.45) is 6.06. The molecule has 1 heterocycles. The molecule has 1 fully saturated rings. The molecule has 168 valence electrons. The first-order valence-corrected chi connectivity index (χ1v) is 12.7. The Morgan fingerprint density at radius 1 is 1.19 bits per heavy atom. The number of likely N-dealkylation sites (tertiary alicyclic amines) is 1. The van der Waals surface area contributed by atoms with E-state index in [0.717, 1.165) is 55.4 Å². The number of methoxy groups -OCH3 is 1. The van der Waals surface area contributed by atoms with Crippen molar-refractivity contribution in [3.8, 4) is 5.75 Å². The van der Waals surface area contributed by atoms with Gasteiger partial charge < -0.3 is 4.74 Å². The van der Waals surface area contributed by atoms with Crippen LogP contribution >= 0.6 is 0 Å². The van der Waals surface area contributed by atoms with E-state index in [1.54, 1.807) is 13.2 Å². The van der Waals surface area contributed by atoms with Gasteiger partial charge in [-0.05, 0) is 79.5 Å². The van der Waals surface area contributed by atoms with Gasteiger partial charge in [0, 0.05) is 19.0 Å². The molecule has 2 aromatic carbocycles. The zero-order chi connectivity index (χ0) is 22.1. The molecule has 0 saturated carbocycles. The zero-order valence-corrected chi connectivity index (χ0v) is 19.0. The lowest BCUT2D eigenvalue weighted by Gasteiger charge is -2.45. The second-order valence-electron chi connectivity index (χ2n) is 8.61. The Bertz CT molecular complexity index is 1040. The lowest BCUT2D eigenvalue weighted by atomic mass is 9.75. The number of halogens is 1. The van der Waals surface area contributed by atoms with Gasteiger partial charge in [-0.25, -0.2) is 8.57 Å². The van der Waals surface area contributed by atoms with E-state index in [1.165, 1.54) is 17.7 Å². The lowest BCUT2D eigenvalue weighted by Crippen LogP contribution is -2.53. The van der Waals surface area contributed by atoms with Crippen molar-refractivity contribution in [3.63, 3.8) is 0 Å². The minimum atomic E-state index is -3.68. The summed E-state index contributed by atoms with van der Waals surface area (Å²) in [7, 11) is -2.03. The Hall–Kier alpha value is -1.96. The first-order valence-electron chi connectivity index (χ1n) is 10.9. The van der Waals surface area contributed by atoms with Crippen molar-refractivity contribution in [1.29, 1.82) is 0 Å². The highest BCUT2D eigenvalue weighted by molar-refractivity contribution is 7.86. The highest BCUT2D eigenvalue weighted by atomic mass is 32.2. The molecule has 1 aliphatic heterocycles. The molecule has 5 nitrogen and oxygen atoms in total. The highest BCUT2D eigenvalue weighted by Crippen LogP contribution is 2.49. The van der Waals surface area contributed by atoms with Crippen LogP contribution in [0.15, 0.2) is 42.5 Å². The normalized spacial score (nSPS) is 24.2. The minimum absolute atomic E-state index is 0.0492. The average molecular weight is 448 g/mol. The van der Waals surface area contributed by atoms with Crippen molar-refractivity contribution in [3.05, 3.63) is 65.0 Å². The largest absolute Gasteiger partial charge is 0.497 e. The van der Waals surface area contributed by atoms with Crippen LogP contribution in [-0.4, -0.2) is 45.5 Å². The fraction of sp³-hybridized carbons (Fsp3) is 0.500. The van der Waals surface area contributed by atoms with Crippen LogP contribution in [0.3, 0.4) is 0 Å². The third-order valence-electron chi connectivity index (χ3n) is 6.56. The monoisotopic (exact) mass is 447 g/mol. The summed E-state index contributed by atoms with van der Waals surface area (Å²) in [5.74, 6) is 0.506. The maximum atomic E-state index is 13.6. The average Bonchev–Trinajstić information content (AvgIpc) is 3.13. The maximum absolute atomic E-state index is 13.6. The third-order valence-corrected chi connectivity index (χ3v) is 7.15. The molecular weight excluding hydrogens is 417 g/mol. The molecule has 7 heteroatoms. The van der Waals surface area contributed by atoms with E-state index >= 15 is 0 Å². The molecule has 0 N–H and O–H groups in total. The Labute approximate surface area is 184 Å². The van der Waals surface area contributed by atoms with Gasteiger partial charge in [0.25, 0.3) is 10.1 Å². The topological polar surface area (TPSA) is 55.8 Å². The molecule has 0 amide bonds. The lowest BCUT2D eigenvalue weighted by molar-refractivity contribution is -0.0767. The van der Waals surface area contributed by atoms with Gasteiger partial charge in [-0.2, -0.15) is 8.42 Å². The molecule has 4 rings (SSSR count). The molecule has 0 bridgehead atoms. The molecule has 2 aliphatic rings. The maximum Gasteiger partial charge on any atom is 0.266 e.